The quantitative estimate of drug-likeness (QED) is 0.408. The van der Waals surface area contributed by atoms with Crippen LogP contribution in [0, 0.1) is 0 Å². The molecule has 0 amide bonds. The number of esters is 1. The first-order chi connectivity index (χ1) is 11.3. The van der Waals surface area contributed by atoms with Crippen molar-refractivity contribution < 1.29 is 14.3 Å². The van der Waals surface area contributed by atoms with Gasteiger partial charge in [0.25, 0.3) is 0 Å². The van der Waals surface area contributed by atoms with Gasteiger partial charge in [-0.2, -0.15) is 5.10 Å². The van der Waals surface area contributed by atoms with E-state index >= 15 is 0 Å². The zero-order chi connectivity index (χ0) is 16.1. The molecule has 0 saturated carbocycles. The molecule has 2 heterocycles. The van der Waals surface area contributed by atoms with Crippen LogP contribution in [0.5, 0.6) is 11.5 Å². The first-order valence-electron chi connectivity index (χ1n) is 6.59. The van der Waals surface area contributed by atoms with E-state index in [2.05, 4.69) is 15.3 Å². The first kappa shape index (κ1) is 14.9. The number of carbonyl (C=O) groups excluding carboxylic acids is 1. The molecule has 8 heteroatoms. The molecule has 3 aromatic rings. The highest BCUT2D eigenvalue weighted by molar-refractivity contribution is 7.12. The van der Waals surface area contributed by atoms with Gasteiger partial charge in [-0.1, -0.05) is 6.07 Å². The average Bonchev–Trinajstić information content (AvgIpc) is 3.27. The molecule has 0 aliphatic rings. The van der Waals surface area contributed by atoms with Crippen molar-refractivity contribution in [3.63, 3.8) is 0 Å². The van der Waals surface area contributed by atoms with Gasteiger partial charge in [-0.3, -0.25) is 0 Å². The molecule has 0 spiro atoms. The molecule has 1 aromatic carbocycles. The van der Waals surface area contributed by atoms with Crippen molar-refractivity contribution in [3.05, 3.63) is 58.8 Å². The number of aromatic nitrogens is 3. The highest BCUT2D eigenvalue weighted by Gasteiger charge is 2.13. The lowest BCUT2D eigenvalue weighted by molar-refractivity contribution is 0.0735. The molecule has 2 aromatic heterocycles. The van der Waals surface area contributed by atoms with Crippen LogP contribution < -0.4 is 9.47 Å². The molecular weight excluding hydrogens is 316 g/mol. The summed E-state index contributed by atoms with van der Waals surface area (Å²) in [5.41, 5.74) is 0.784. The number of benzene rings is 1. The van der Waals surface area contributed by atoms with E-state index in [1.165, 1.54) is 35.8 Å². The van der Waals surface area contributed by atoms with E-state index in [9.17, 15) is 4.79 Å². The van der Waals surface area contributed by atoms with Crippen molar-refractivity contribution in [2.75, 3.05) is 7.11 Å². The predicted octanol–water partition coefficient (Wildman–Crippen LogP) is 2.45. The Morgan fingerprint density at radius 1 is 1.26 bits per heavy atom. The summed E-state index contributed by atoms with van der Waals surface area (Å²) in [6.07, 6.45) is 4.58. The van der Waals surface area contributed by atoms with E-state index in [0.29, 0.717) is 16.4 Å². The molecule has 116 valence electrons. The fourth-order valence-corrected chi connectivity index (χ4v) is 2.38. The normalized spacial score (nSPS) is 10.8. The SMILES string of the molecule is COc1cc(/C=N\n2cnnc2)ccc1OC(=O)c1cccs1. The van der Waals surface area contributed by atoms with E-state index < -0.39 is 5.97 Å². The van der Waals surface area contributed by atoms with E-state index in [-0.39, 0.29) is 0 Å². The smallest absolute Gasteiger partial charge is 0.353 e. The third kappa shape index (κ3) is 3.61. The number of methoxy groups -OCH3 is 1. The summed E-state index contributed by atoms with van der Waals surface area (Å²) in [4.78, 5) is 12.5. The Hall–Kier alpha value is -3.00. The Morgan fingerprint density at radius 3 is 2.78 bits per heavy atom. The summed E-state index contributed by atoms with van der Waals surface area (Å²) in [5.74, 6) is 0.388. The van der Waals surface area contributed by atoms with Crippen LogP contribution >= 0.6 is 11.3 Å². The highest BCUT2D eigenvalue weighted by Crippen LogP contribution is 2.28. The van der Waals surface area contributed by atoms with Crippen LogP contribution in [0.2, 0.25) is 0 Å². The van der Waals surface area contributed by atoms with Gasteiger partial charge in [0.1, 0.15) is 17.5 Å². The molecule has 23 heavy (non-hydrogen) atoms. The molecule has 3 rings (SSSR count). The number of ether oxygens (including phenoxy) is 2. The summed E-state index contributed by atoms with van der Waals surface area (Å²) in [6.45, 7) is 0. The van der Waals surface area contributed by atoms with Gasteiger partial charge in [-0.05, 0) is 35.2 Å². The second-order valence-corrected chi connectivity index (χ2v) is 5.31. The van der Waals surface area contributed by atoms with Crippen LogP contribution in [0.25, 0.3) is 0 Å². The maximum atomic E-state index is 12.0. The third-order valence-electron chi connectivity index (χ3n) is 2.86. The van der Waals surface area contributed by atoms with Crippen LogP contribution in [-0.4, -0.2) is 34.2 Å². The monoisotopic (exact) mass is 328 g/mol. The Bertz CT molecular complexity index is 813. The largest absolute Gasteiger partial charge is 0.493 e. The highest BCUT2D eigenvalue weighted by atomic mass is 32.1. The van der Waals surface area contributed by atoms with E-state index in [0.717, 1.165) is 5.56 Å². The van der Waals surface area contributed by atoms with E-state index in [1.807, 2.05) is 5.38 Å². The molecular formula is C15H12N4O3S. The van der Waals surface area contributed by atoms with E-state index in [4.69, 9.17) is 9.47 Å². The van der Waals surface area contributed by atoms with Gasteiger partial charge in [-0.15, -0.1) is 21.5 Å². The molecule has 0 aliphatic heterocycles. The maximum absolute atomic E-state index is 12.0. The Balaban J connectivity index is 1.78. The second kappa shape index (κ2) is 6.84. The van der Waals surface area contributed by atoms with Crippen molar-refractivity contribution in [1.82, 2.24) is 14.9 Å². The van der Waals surface area contributed by atoms with Crippen molar-refractivity contribution in [3.8, 4) is 11.5 Å². The molecule has 0 atom stereocenters. The summed E-state index contributed by atoms with van der Waals surface area (Å²) in [7, 11) is 1.51. The topological polar surface area (TPSA) is 78.6 Å². The van der Waals surface area contributed by atoms with Gasteiger partial charge in [-0.25, -0.2) is 9.47 Å². The lowest BCUT2D eigenvalue weighted by Crippen LogP contribution is -2.07. The van der Waals surface area contributed by atoms with E-state index in [1.54, 1.807) is 36.5 Å². The minimum Gasteiger partial charge on any atom is -0.493 e. The summed E-state index contributed by atoms with van der Waals surface area (Å²) >= 11 is 1.32. The van der Waals surface area contributed by atoms with Gasteiger partial charge in [0, 0.05) is 0 Å². The molecule has 0 aliphatic carbocycles. The second-order valence-electron chi connectivity index (χ2n) is 4.36. The van der Waals surface area contributed by atoms with Crippen LogP contribution in [0.3, 0.4) is 0 Å². The van der Waals surface area contributed by atoms with Gasteiger partial charge in [0.05, 0.1) is 13.3 Å². The predicted molar refractivity (Wildman–Crippen MR) is 85.3 cm³/mol. The van der Waals surface area contributed by atoms with Crippen molar-refractivity contribution in [2.45, 2.75) is 0 Å². The van der Waals surface area contributed by atoms with Gasteiger partial charge in [0.2, 0.25) is 0 Å². The standard InChI is InChI=1S/C15H12N4O3S/c1-21-13-7-11(8-18-19-9-16-17-10-19)4-5-12(13)22-15(20)14-3-2-6-23-14/h2-10H,1H3/b18-8-. The van der Waals surface area contributed by atoms with Gasteiger partial charge in [0.15, 0.2) is 11.5 Å². The molecule has 0 N–H and O–H groups in total. The first-order valence-corrected chi connectivity index (χ1v) is 7.47. The zero-order valence-corrected chi connectivity index (χ0v) is 12.9. The molecule has 0 saturated heterocycles. The average molecular weight is 328 g/mol. The Kier molecular flexibility index (Phi) is 4.44. The number of thiophene rings is 1. The third-order valence-corrected chi connectivity index (χ3v) is 3.71. The van der Waals surface area contributed by atoms with Crippen molar-refractivity contribution in [1.29, 1.82) is 0 Å². The maximum Gasteiger partial charge on any atom is 0.353 e. The van der Waals surface area contributed by atoms with Crippen LogP contribution in [-0.2, 0) is 0 Å². The van der Waals surface area contributed by atoms with Crippen molar-refractivity contribution >= 4 is 23.5 Å². The zero-order valence-electron chi connectivity index (χ0n) is 12.1. The molecule has 0 unspecified atom stereocenters. The summed E-state index contributed by atoms with van der Waals surface area (Å²) < 4.78 is 12.1. The fourth-order valence-electron chi connectivity index (χ4n) is 1.78. The fraction of sp³-hybridized carbons (Fsp3) is 0.0667. The van der Waals surface area contributed by atoms with Gasteiger partial charge < -0.3 is 9.47 Å². The minimum atomic E-state index is -0.413. The van der Waals surface area contributed by atoms with Crippen LogP contribution in [0.15, 0.2) is 53.5 Å². The summed E-state index contributed by atoms with van der Waals surface area (Å²) in [6, 6.07) is 8.67. The lowest BCUT2D eigenvalue weighted by Gasteiger charge is -2.09. The number of nitrogens with zero attached hydrogens (tertiary/aromatic N) is 4. The van der Waals surface area contributed by atoms with Gasteiger partial charge >= 0.3 is 5.97 Å². The number of hydrogen-bond acceptors (Lipinski definition) is 7. The van der Waals surface area contributed by atoms with Crippen molar-refractivity contribution in [2.24, 2.45) is 5.10 Å². The number of rotatable bonds is 5. The lowest BCUT2D eigenvalue weighted by atomic mass is 10.2. The number of carbonyl (C=O) groups is 1. The molecule has 0 fully saturated rings. The van der Waals surface area contributed by atoms with Crippen LogP contribution in [0.4, 0.5) is 0 Å². The molecule has 0 bridgehead atoms. The Morgan fingerprint density at radius 2 is 2.09 bits per heavy atom. The molecule has 0 radical (unpaired) electrons. The minimum absolute atomic E-state index is 0.354. The summed E-state index contributed by atoms with van der Waals surface area (Å²) in [5, 5.41) is 13.3. The Labute approximate surface area is 135 Å². The van der Waals surface area contributed by atoms with Crippen LogP contribution in [0.1, 0.15) is 15.2 Å². The molecule has 7 nitrogen and oxygen atoms in total. The number of hydrogen-bond donors (Lipinski definition) is 0.